The number of nitrogens with zero attached hydrogens (tertiary/aromatic N) is 1. The molecule has 1 heterocycles. The molecule has 1 unspecified atom stereocenters. The molecule has 1 amide bonds. The minimum Gasteiger partial charge on any atom is -0.493 e. The van der Waals surface area contributed by atoms with Crippen LogP contribution in [-0.4, -0.2) is 32.2 Å². The van der Waals surface area contributed by atoms with E-state index in [1.165, 1.54) is 21.3 Å². The average molecular weight is 392 g/mol. The Hall–Kier alpha value is -3.54. The number of methoxy groups -OCH3 is 3. The molecule has 1 N–H and O–H groups in total. The highest BCUT2D eigenvalue weighted by Gasteiger charge is 2.21. The van der Waals surface area contributed by atoms with Gasteiger partial charge >= 0.3 is 0 Å². The number of carbonyl (C=O) groups is 1. The molecule has 0 bridgehead atoms. The Morgan fingerprint density at radius 1 is 0.931 bits per heavy atom. The first-order chi connectivity index (χ1) is 14.1. The first-order valence-corrected chi connectivity index (χ1v) is 9.14. The van der Waals surface area contributed by atoms with Crippen molar-refractivity contribution in [2.24, 2.45) is 0 Å². The number of amides is 1. The minimum atomic E-state index is -0.351. The molecule has 0 fully saturated rings. The van der Waals surface area contributed by atoms with Crippen molar-refractivity contribution in [3.8, 4) is 17.2 Å². The lowest BCUT2D eigenvalue weighted by Crippen LogP contribution is -2.29. The summed E-state index contributed by atoms with van der Waals surface area (Å²) in [4.78, 5) is 17.3. The zero-order chi connectivity index (χ0) is 20.8. The van der Waals surface area contributed by atoms with Gasteiger partial charge in [0, 0.05) is 18.0 Å². The van der Waals surface area contributed by atoms with Crippen LogP contribution in [0.2, 0.25) is 0 Å². The maximum Gasteiger partial charge on any atom is 0.252 e. The fourth-order valence-electron chi connectivity index (χ4n) is 3.09. The molecule has 1 atom stereocenters. The smallest absolute Gasteiger partial charge is 0.252 e. The molecule has 29 heavy (non-hydrogen) atoms. The molecule has 0 spiro atoms. The number of aryl methyl sites for hydroxylation is 1. The fourth-order valence-corrected chi connectivity index (χ4v) is 3.09. The molecule has 1 aromatic heterocycles. The van der Waals surface area contributed by atoms with Crippen LogP contribution in [0.1, 0.15) is 33.1 Å². The van der Waals surface area contributed by atoms with E-state index in [0.29, 0.717) is 22.8 Å². The molecular weight excluding hydrogens is 368 g/mol. The van der Waals surface area contributed by atoms with Gasteiger partial charge in [0.15, 0.2) is 11.5 Å². The van der Waals surface area contributed by atoms with Crippen molar-refractivity contribution < 1.29 is 19.0 Å². The van der Waals surface area contributed by atoms with E-state index in [1.54, 1.807) is 24.5 Å². The van der Waals surface area contributed by atoms with Gasteiger partial charge in [-0.3, -0.25) is 9.78 Å². The Balaban J connectivity index is 1.98. The number of hydrogen-bond donors (Lipinski definition) is 1. The van der Waals surface area contributed by atoms with Crippen molar-refractivity contribution in [1.82, 2.24) is 10.3 Å². The van der Waals surface area contributed by atoms with Crippen LogP contribution in [0.25, 0.3) is 0 Å². The molecule has 0 aliphatic rings. The van der Waals surface area contributed by atoms with Gasteiger partial charge < -0.3 is 19.5 Å². The number of benzene rings is 2. The lowest BCUT2D eigenvalue weighted by molar-refractivity contribution is 0.0942. The maximum atomic E-state index is 13.1. The predicted molar refractivity (Wildman–Crippen MR) is 111 cm³/mol. The van der Waals surface area contributed by atoms with Gasteiger partial charge in [-0.15, -0.1) is 0 Å². The van der Waals surface area contributed by atoms with Crippen molar-refractivity contribution >= 4 is 5.91 Å². The highest BCUT2D eigenvalue weighted by atomic mass is 16.5. The Morgan fingerprint density at radius 2 is 1.59 bits per heavy atom. The fraction of sp³-hybridized carbons (Fsp3) is 0.217. The van der Waals surface area contributed by atoms with E-state index in [1.807, 2.05) is 43.3 Å². The number of carbonyl (C=O) groups excluding carboxylic acids is 1. The molecule has 2 aromatic carbocycles. The first-order valence-electron chi connectivity index (χ1n) is 9.14. The summed E-state index contributed by atoms with van der Waals surface area (Å²) in [7, 11) is 4.56. The normalized spacial score (nSPS) is 11.4. The number of nitrogens with one attached hydrogen (secondary N) is 1. The summed E-state index contributed by atoms with van der Waals surface area (Å²) in [6.07, 6.45) is 3.46. The van der Waals surface area contributed by atoms with Gasteiger partial charge in [0.05, 0.1) is 27.4 Å². The third-order valence-electron chi connectivity index (χ3n) is 4.63. The van der Waals surface area contributed by atoms with Crippen LogP contribution in [0.15, 0.2) is 60.9 Å². The third-order valence-corrected chi connectivity index (χ3v) is 4.63. The summed E-state index contributed by atoms with van der Waals surface area (Å²) in [5.41, 5.74) is 3.40. The van der Waals surface area contributed by atoms with Crippen LogP contribution in [0.4, 0.5) is 0 Å². The standard InChI is InChI=1S/C23H24N2O4/c1-15-7-9-16(10-8-15)21(17-6-5-11-24-14-17)25-23(26)18-12-19(27-2)22(29-4)20(13-18)28-3/h5-14,21H,1-4H3,(H,25,26). The van der Waals surface area contributed by atoms with Gasteiger partial charge in [-0.25, -0.2) is 0 Å². The predicted octanol–water partition coefficient (Wildman–Crippen LogP) is 3.94. The van der Waals surface area contributed by atoms with Gasteiger partial charge in [-0.2, -0.15) is 0 Å². The molecule has 0 saturated carbocycles. The van der Waals surface area contributed by atoms with Crippen molar-refractivity contribution in [3.63, 3.8) is 0 Å². The Bertz CT molecular complexity index is 947. The second-order valence-electron chi connectivity index (χ2n) is 6.52. The van der Waals surface area contributed by atoms with Crippen LogP contribution in [-0.2, 0) is 0 Å². The molecule has 0 saturated heterocycles. The quantitative estimate of drug-likeness (QED) is 0.660. The molecular formula is C23H24N2O4. The minimum absolute atomic E-state index is 0.265. The van der Waals surface area contributed by atoms with E-state index in [2.05, 4.69) is 10.3 Å². The van der Waals surface area contributed by atoms with Crippen LogP contribution in [0.5, 0.6) is 17.2 Å². The highest BCUT2D eigenvalue weighted by Crippen LogP contribution is 2.38. The molecule has 6 heteroatoms. The lowest BCUT2D eigenvalue weighted by Gasteiger charge is -2.21. The first kappa shape index (κ1) is 20.2. The Kier molecular flexibility index (Phi) is 6.34. The van der Waals surface area contributed by atoms with Crippen molar-refractivity contribution in [3.05, 3.63) is 83.2 Å². The molecule has 150 valence electrons. The number of rotatable bonds is 7. The summed E-state index contributed by atoms with van der Waals surface area (Å²) >= 11 is 0. The Morgan fingerprint density at radius 3 is 2.10 bits per heavy atom. The van der Waals surface area contributed by atoms with Gasteiger partial charge in [-0.05, 0) is 36.2 Å². The largest absolute Gasteiger partial charge is 0.493 e. The highest BCUT2D eigenvalue weighted by molar-refractivity contribution is 5.96. The monoisotopic (exact) mass is 392 g/mol. The van der Waals surface area contributed by atoms with Gasteiger partial charge in [0.25, 0.3) is 5.91 Å². The van der Waals surface area contributed by atoms with Gasteiger partial charge in [-0.1, -0.05) is 35.9 Å². The molecule has 3 aromatic rings. The summed E-state index contributed by atoms with van der Waals surface area (Å²) in [6, 6.07) is 14.7. The van der Waals surface area contributed by atoms with Crippen molar-refractivity contribution in [2.75, 3.05) is 21.3 Å². The number of aromatic nitrogens is 1. The summed E-state index contributed by atoms with van der Waals surface area (Å²) in [5, 5.41) is 3.09. The zero-order valence-corrected chi connectivity index (χ0v) is 16.9. The molecule has 0 aliphatic heterocycles. The van der Waals surface area contributed by atoms with E-state index in [0.717, 1.165) is 16.7 Å². The summed E-state index contributed by atoms with van der Waals surface area (Å²) < 4.78 is 16.1. The molecule has 0 aliphatic carbocycles. The number of hydrogen-bond acceptors (Lipinski definition) is 5. The van der Waals surface area contributed by atoms with E-state index in [4.69, 9.17) is 14.2 Å². The van der Waals surface area contributed by atoms with Crippen molar-refractivity contribution in [2.45, 2.75) is 13.0 Å². The van der Waals surface area contributed by atoms with E-state index in [-0.39, 0.29) is 11.9 Å². The maximum absolute atomic E-state index is 13.1. The van der Waals surface area contributed by atoms with Crippen LogP contribution >= 0.6 is 0 Å². The second kappa shape index (κ2) is 9.10. The average Bonchev–Trinajstić information content (AvgIpc) is 2.77. The summed E-state index contributed by atoms with van der Waals surface area (Å²) in [5.74, 6) is 1.02. The van der Waals surface area contributed by atoms with E-state index < -0.39 is 0 Å². The SMILES string of the molecule is COc1cc(C(=O)NC(c2ccc(C)cc2)c2cccnc2)cc(OC)c1OC. The van der Waals surface area contributed by atoms with Gasteiger partial charge in [0.1, 0.15) is 0 Å². The molecule has 3 rings (SSSR count). The Labute approximate surface area is 170 Å². The number of pyridine rings is 1. The molecule has 0 radical (unpaired) electrons. The second-order valence-corrected chi connectivity index (χ2v) is 6.52. The van der Waals surface area contributed by atoms with Gasteiger partial charge in [0.2, 0.25) is 5.75 Å². The van der Waals surface area contributed by atoms with E-state index >= 15 is 0 Å². The zero-order valence-electron chi connectivity index (χ0n) is 16.9. The van der Waals surface area contributed by atoms with Crippen LogP contribution in [0, 0.1) is 6.92 Å². The topological polar surface area (TPSA) is 69.7 Å². The molecule has 6 nitrogen and oxygen atoms in total. The van der Waals surface area contributed by atoms with Crippen molar-refractivity contribution in [1.29, 1.82) is 0 Å². The third kappa shape index (κ3) is 4.48. The van der Waals surface area contributed by atoms with Crippen LogP contribution < -0.4 is 19.5 Å². The summed E-state index contributed by atoms with van der Waals surface area (Å²) in [6.45, 7) is 2.03. The lowest BCUT2D eigenvalue weighted by atomic mass is 9.98. The number of ether oxygens (including phenoxy) is 3. The van der Waals surface area contributed by atoms with Crippen LogP contribution in [0.3, 0.4) is 0 Å². The van der Waals surface area contributed by atoms with E-state index in [9.17, 15) is 4.79 Å².